The molecule has 1 nitrogen and oxygen atoms in total. The summed E-state index contributed by atoms with van der Waals surface area (Å²) < 4.78 is 36.8. The molecule has 0 atom stereocenters. The lowest BCUT2D eigenvalue weighted by atomic mass is 10.1. The second kappa shape index (κ2) is 3.10. The van der Waals surface area contributed by atoms with Crippen LogP contribution in [0.25, 0.3) is 0 Å². The van der Waals surface area contributed by atoms with Crippen molar-refractivity contribution in [3.8, 4) is 0 Å². The average Bonchev–Trinajstić information content (AvgIpc) is 1.94. The van der Waals surface area contributed by atoms with E-state index in [1.165, 1.54) is 13.0 Å². The molecule has 5 heteroatoms. The van der Waals surface area contributed by atoms with E-state index in [0.717, 1.165) is 6.07 Å². The molecule has 0 saturated carbocycles. The molecule has 2 N–H and O–H groups in total. The summed E-state index contributed by atoms with van der Waals surface area (Å²) >= 11 is 5.50. The van der Waals surface area contributed by atoms with Gasteiger partial charge in [0, 0.05) is 0 Å². The number of aryl methyl sites for hydroxylation is 1. The third-order valence-corrected chi connectivity index (χ3v) is 1.89. The van der Waals surface area contributed by atoms with Crippen molar-refractivity contribution in [2.75, 3.05) is 5.73 Å². The zero-order chi connectivity index (χ0) is 10.2. The molecular formula is C8H7ClF3N. The van der Waals surface area contributed by atoms with Crippen LogP contribution in [0.5, 0.6) is 0 Å². The average molecular weight is 210 g/mol. The van der Waals surface area contributed by atoms with Crippen molar-refractivity contribution in [2.45, 2.75) is 13.1 Å². The fourth-order valence-corrected chi connectivity index (χ4v) is 1.26. The van der Waals surface area contributed by atoms with Crippen LogP contribution in [0.15, 0.2) is 12.1 Å². The molecular weight excluding hydrogens is 203 g/mol. The van der Waals surface area contributed by atoms with Gasteiger partial charge in [-0.3, -0.25) is 0 Å². The van der Waals surface area contributed by atoms with Gasteiger partial charge in [-0.1, -0.05) is 11.6 Å². The van der Waals surface area contributed by atoms with Crippen LogP contribution in [-0.4, -0.2) is 0 Å². The number of anilines is 1. The van der Waals surface area contributed by atoms with Crippen LogP contribution < -0.4 is 5.73 Å². The lowest BCUT2D eigenvalue weighted by molar-refractivity contribution is -0.136. The zero-order valence-electron chi connectivity index (χ0n) is 6.74. The SMILES string of the molecule is Cc1cc(Cl)c(N)c(C(F)(F)F)c1. The van der Waals surface area contributed by atoms with Crippen LogP contribution in [0.1, 0.15) is 11.1 Å². The molecule has 1 aromatic carbocycles. The minimum atomic E-state index is -4.44. The molecule has 0 unspecified atom stereocenters. The Morgan fingerprint density at radius 1 is 1.31 bits per heavy atom. The first-order valence-electron chi connectivity index (χ1n) is 3.45. The maximum absolute atomic E-state index is 12.3. The smallest absolute Gasteiger partial charge is 0.397 e. The van der Waals surface area contributed by atoms with E-state index < -0.39 is 17.4 Å². The highest BCUT2D eigenvalue weighted by molar-refractivity contribution is 6.33. The quantitative estimate of drug-likeness (QED) is 0.652. The molecule has 72 valence electrons. The second-order valence-electron chi connectivity index (χ2n) is 2.71. The van der Waals surface area contributed by atoms with Crippen molar-refractivity contribution in [1.29, 1.82) is 0 Å². The van der Waals surface area contributed by atoms with E-state index in [2.05, 4.69) is 0 Å². The maximum atomic E-state index is 12.3. The molecule has 0 aromatic heterocycles. The number of rotatable bonds is 0. The van der Waals surface area contributed by atoms with Gasteiger partial charge in [-0.2, -0.15) is 13.2 Å². The van der Waals surface area contributed by atoms with Gasteiger partial charge in [-0.15, -0.1) is 0 Å². The van der Waals surface area contributed by atoms with Gasteiger partial charge in [-0.25, -0.2) is 0 Å². The molecule has 0 saturated heterocycles. The maximum Gasteiger partial charge on any atom is 0.418 e. The molecule has 0 aliphatic rings. The van der Waals surface area contributed by atoms with Crippen LogP contribution in [0.4, 0.5) is 18.9 Å². The topological polar surface area (TPSA) is 26.0 Å². The molecule has 0 heterocycles. The van der Waals surface area contributed by atoms with Crippen molar-refractivity contribution >= 4 is 17.3 Å². The number of nitrogens with two attached hydrogens (primary N) is 1. The van der Waals surface area contributed by atoms with Gasteiger partial charge < -0.3 is 5.73 Å². The van der Waals surface area contributed by atoms with Crippen LogP contribution in [-0.2, 0) is 6.18 Å². The van der Waals surface area contributed by atoms with Gasteiger partial charge in [0.2, 0.25) is 0 Å². The van der Waals surface area contributed by atoms with E-state index in [0.29, 0.717) is 5.56 Å². The predicted molar refractivity (Wildman–Crippen MR) is 45.6 cm³/mol. The van der Waals surface area contributed by atoms with E-state index in [1.807, 2.05) is 0 Å². The van der Waals surface area contributed by atoms with Crippen molar-refractivity contribution in [2.24, 2.45) is 0 Å². The summed E-state index contributed by atoms with van der Waals surface area (Å²) in [6.45, 7) is 1.53. The van der Waals surface area contributed by atoms with Crippen molar-refractivity contribution in [3.05, 3.63) is 28.3 Å². The van der Waals surface area contributed by atoms with Crippen molar-refractivity contribution in [1.82, 2.24) is 0 Å². The first kappa shape index (κ1) is 10.2. The Bertz CT molecular complexity index is 333. The highest BCUT2D eigenvalue weighted by atomic mass is 35.5. The van der Waals surface area contributed by atoms with E-state index in [1.54, 1.807) is 0 Å². The monoisotopic (exact) mass is 209 g/mol. The number of hydrogen-bond donors (Lipinski definition) is 1. The van der Waals surface area contributed by atoms with Gasteiger partial charge in [-0.05, 0) is 24.6 Å². The molecule has 1 rings (SSSR count). The van der Waals surface area contributed by atoms with E-state index >= 15 is 0 Å². The Labute approximate surface area is 78.3 Å². The Balaban J connectivity index is 3.37. The summed E-state index contributed by atoms with van der Waals surface area (Å²) in [4.78, 5) is 0. The van der Waals surface area contributed by atoms with Gasteiger partial charge >= 0.3 is 6.18 Å². The fraction of sp³-hybridized carbons (Fsp3) is 0.250. The lowest BCUT2D eigenvalue weighted by Gasteiger charge is -2.11. The van der Waals surface area contributed by atoms with E-state index in [4.69, 9.17) is 17.3 Å². The zero-order valence-corrected chi connectivity index (χ0v) is 7.50. The minimum Gasteiger partial charge on any atom is -0.397 e. The molecule has 0 amide bonds. The summed E-state index contributed by atoms with van der Waals surface area (Å²) in [6, 6.07) is 2.37. The molecule has 0 aliphatic heterocycles. The number of hydrogen-bond acceptors (Lipinski definition) is 1. The van der Waals surface area contributed by atoms with Crippen molar-refractivity contribution in [3.63, 3.8) is 0 Å². The van der Waals surface area contributed by atoms with Crippen LogP contribution in [0, 0.1) is 6.92 Å². The van der Waals surface area contributed by atoms with Crippen LogP contribution in [0.3, 0.4) is 0 Å². The molecule has 0 bridgehead atoms. The summed E-state index contributed by atoms with van der Waals surface area (Å²) in [5.74, 6) is 0. The largest absolute Gasteiger partial charge is 0.418 e. The van der Waals surface area contributed by atoms with Gasteiger partial charge in [0.1, 0.15) is 0 Å². The molecule has 0 radical (unpaired) electrons. The standard InChI is InChI=1S/C8H7ClF3N/c1-4-2-5(8(10,11)12)7(13)6(9)3-4/h2-3H,13H2,1H3. The van der Waals surface area contributed by atoms with E-state index in [9.17, 15) is 13.2 Å². The van der Waals surface area contributed by atoms with Gasteiger partial charge in [0.15, 0.2) is 0 Å². The minimum absolute atomic E-state index is 0.0627. The molecule has 1 aromatic rings. The summed E-state index contributed by atoms with van der Waals surface area (Å²) in [7, 11) is 0. The molecule has 0 aliphatic carbocycles. The first-order valence-corrected chi connectivity index (χ1v) is 3.83. The lowest BCUT2D eigenvalue weighted by Crippen LogP contribution is -2.09. The number of alkyl halides is 3. The third-order valence-electron chi connectivity index (χ3n) is 1.58. The normalized spacial score (nSPS) is 11.8. The summed E-state index contributed by atoms with van der Waals surface area (Å²) in [5.41, 5.74) is 4.33. The number of halogens is 4. The number of benzene rings is 1. The summed E-state index contributed by atoms with van der Waals surface area (Å²) in [6.07, 6.45) is -4.44. The van der Waals surface area contributed by atoms with Crippen LogP contribution in [0.2, 0.25) is 5.02 Å². The Kier molecular flexibility index (Phi) is 2.43. The Morgan fingerprint density at radius 3 is 2.31 bits per heavy atom. The van der Waals surface area contributed by atoms with E-state index in [-0.39, 0.29) is 5.02 Å². The van der Waals surface area contributed by atoms with Gasteiger partial charge in [0.05, 0.1) is 16.3 Å². The van der Waals surface area contributed by atoms with Gasteiger partial charge in [0.25, 0.3) is 0 Å². The third kappa shape index (κ3) is 2.06. The number of nitrogen functional groups attached to an aromatic ring is 1. The predicted octanol–water partition coefficient (Wildman–Crippen LogP) is 3.25. The molecule has 0 fully saturated rings. The molecule has 0 spiro atoms. The van der Waals surface area contributed by atoms with Crippen molar-refractivity contribution < 1.29 is 13.2 Å². The second-order valence-corrected chi connectivity index (χ2v) is 3.11. The Hall–Kier alpha value is -0.900. The highest BCUT2D eigenvalue weighted by Crippen LogP contribution is 2.37. The highest BCUT2D eigenvalue weighted by Gasteiger charge is 2.33. The fourth-order valence-electron chi connectivity index (χ4n) is 0.988. The summed E-state index contributed by atoms with van der Waals surface area (Å²) in [5, 5.41) is -0.0627. The Morgan fingerprint density at radius 2 is 1.85 bits per heavy atom. The van der Waals surface area contributed by atoms with Crippen LogP contribution >= 0.6 is 11.6 Å². The first-order chi connectivity index (χ1) is 5.82. The molecule has 13 heavy (non-hydrogen) atoms.